The lowest BCUT2D eigenvalue weighted by Gasteiger charge is -2.27. The van der Waals surface area contributed by atoms with Gasteiger partial charge in [-0.2, -0.15) is 0 Å². The number of nitrogens with one attached hydrogen (secondary N) is 2. The Balaban J connectivity index is 2.45. The summed E-state index contributed by atoms with van der Waals surface area (Å²) in [5, 5.41) is 11.0. The van der Waals surface area contributed by atoms with Crippen LogP contribution in [0.1, 0.15) is 27.7 Å². The van der Waals surface area contributed by atoms with E-state index in [1.807, 2.05) is 0 Å². The number of hydrogen-bond donors (Lipinski definition) is 2. The van der Waals surface area contributed by atoms with Gasteiger partial charge in [0.1, 0.15) is 0 Å². The number of nitrogens with zero attached hydrogens (tertiary/aromatic N) is 1. The maximum atomic E-state index is 4.95. The number of H-pyrrole nitrogens is 1. The molecule has 0 aromatic carbocycles. The molecule has 0 radical (unpaired) electrons. The third kappa shape index (κ3) is 3.38. The van der Waals surface area contributed by atoms with Crippen LogP contribution in [-0.2, 0) is 0 Å². The zero-order chi connectivity index (χ0) is 10.8. The average Bonchev–Trinajstić information content (AvgIpc) is 2.45. The summed E-state index contributed by atoms with van der Waals surface area (Å²) >= 11 is 6.42. The first-order valence-corrected chi connectivity index (χ1v) is 5.91. The molecule has 1 unspecified atom stereocenters. The van der Waals surface area contributed by atoms with Crippen molar-refractivity contribution in [2.45, 2.75) is 27.7 Å². The molecule has 14 heavy (non-hydrogen) atoms. The number of rotatable bonds is 3. The fraction of sp³-hybridized carbons (Fsp3) is 0.778. The molecule has 0 saturated carbocycles. The highest BCUT2D eigenvalue weighted by atomic mass is 32.1. The largest absolute Gasteiger partial charge is 0.360 e. The molecule has 0 amide bonds. The Morgan fingerprint density at radius 2 is 2.21 bits per heavy atom. The normalized spacial score (nSPS) is 14.0. The first kappa shape index (κ1) is 11.7. The Morgan fingerprint density at radius 1 is 1.57 bits per heavy atom. The van der Waals surface area contributed by atoms with E-state index in [2.05, 4.69) is 43.2 Å². The molecule has 0 aliphatic carbocycles. The van der Waals surface area contributed by atoms with Crippen molar-refractivity contribution in [3.05, 3.63) is 3.95 Å². The van der Waals surface area contributed by atoms with Crippen LogP contribution in [0.4, 0.5) is 5.13 Å². The lowest BCUT2D eigenvalue weighted by Crippen LogP contribution is -2.24. The Labute approximate surface area is 93.9 Å². The highest BCUT2D eigenvalue weighted by molar-refractivity contribution is 7.73. The number of aromatic nitrogens is 2. The van der Waals surface area contributed by atoms with E-state index in [0.29, 0.717) is 11.3 Å². The summed E-state index contributed by atoms with van der Waals surface area (Å²) in [6.45, 7) is 9.89. The number of aromatic amines is 1. The van der Waals surface area contributed by atoms with Gasteiger partial charge >= 0.3 is 0 Å². The highest BCUT2D eigenvalue weighted by Gasteiger charge is 2.19. The summed E-state index contributed by atoms with van der Waals surface area (Å²) in [7, 11) is 0. The lowest BCUT2D eigenvalue weighted by molar-refractivity contribution is 0.274. The second-order valence-corrected chi connectivity index (χ2v) is 6.23. The van der Waals surface area contributed by atoms with Gasteiger partial charge in [0.15, 0.2) is 3.95 Å². The van der Waals surface area contributed by atoms with Crippen LogP contribution in [-0.4, -0.2) is 16.7 Å². The molecule has 1 heterocycles. The van der Waals surface area contributed by atoms with Gasteiger partial charge < -0.3 is 5.32 Å². The molecule has 1 rings (SSSR count). The molecule has 0 aliphatic heterocycles. The van der Waals surface area contributed by atoms with E-state index in [4.69, 9.17) is 12.2 Å². The minimum absolute atomic E-state index is 0.324. The van der Waals surface area contributed by atoms with Crippen molar-refractivity contribution < 1.29 is 0 Å². The summed E-state index contributed by atoms with van der Waals surface area (Å²) in [4.78, 5) is 0. The van der Waals surface area contributed by atoms with Gasteiger partial charge in [0.05, 0.1) is 0 Å². The van der Waals surface area contributed by atoms with Gasteiger partial charge in [-0.15, -0.1) is 5.10 Å². The second-order valence-electron chi connectivity index (χ2n) is 4.57. The average molecular weight is 231 g/mol. The molecule has 80 valence electrons. The number of hydrogen-bond acceptors (Lipinski definition) is 4. The van der Waals surface area contributed by atoms with Crippen LogP contribution in [0.5, 0.6) is 0 Å². The van der Waals surface area contributed by atoms with Crippen molar-refractivity contribution >= 4 is 28.7 Å². The van der Waals surface area contributed by atoms with Gasteiger partial charge in [-0.1, -0.05) is 39.0 Å². The molecule has 1 aromatic rings. The van der Waals surface area contributed by atoms with E-state index in [1.54, 1.807) is 0 Å². The van der Waals surface area contributed by atoms with Gasteiger partial charge in [-0.05, 0) is 23.6 Å². The summed E-state index contributed by atoms with van der Waals surface area (Å²) in [5.41, 5.74) is 0.324. The molecule has 0 saturated heterocycles. The molecule has 0 aliphatic rings. The molecule has 1 aromatic heterocycles. The molecule has 0 bridgehead atoms. The van der Waals surface area contributed by atoms with Crippen LogP contribution < -0.4 is 5.32 Å². The summed E-state index contributed by atoms with van der Waals surface area (Å²) in [5.74, 6) is 0.597. The van der Waals surface area contributed by atoms with Crippen molar-refractivity contribution in [2.75, 3.05) is 11.9 Å². The molecular weight excluding hydrogens is 214 g/mol. The maximum Gasteiger partial charge on any atom is 0.204 e. The van der Waals surface area contributed by atoms with E-state index < -0.39 is 0 Å². The Morgan fingerprint density at radius 3 is 2.64 bits per heavy atom. The van der Waals surface area contributed by atoms with Crippen LogP contribution in [0.25, 0.3) is 0 Å². The van der Waals surface area contributed by atoms with Gasteiger partial charge in [0.2, 0.25) is 5.13 Å². The van der Waals surface area contributed by atoms with Crippen LogP contribution in [0.15, 0.2) is 0 Å². The zero-order valence-electron chi connectivity index (χ0n) is 9.05. The number of anilines is 1. The first-order valence-electron chi connectivity index (χ1n) is 4.69. The standard InChI is InChI=1S/C9H17N3S2/c1-6(9(2,3)4)5-10-7-11-12-8(13)14-7/h6H,5H2,1-4H3,(H,10,11)(H,12,13). The minimum atomic E-state index is 0.324. The predicted molar refractivity (Wildman–Crippen MR) is 64.4 cm³/mol. The van der Waals surface area contributed by atoms with Crippen LogP contribution in [0.2, 0.25) is 0 Å². The first-order chi connectivity index (χ1) is 6.39. The fourth-order valence-electron chi connectivity index (χ4n) is 0.852. The molecule has 2 N–H and O–H groups in total. The highest BCUT2D eigenvalue weighted by Crippen LogP contribution is 2.25. The molecular formula is C9H17N3S2. The Hall–Kier alpha value is -0.420. The van der Waals surface area contributed by atoms with Gasteiger partial charge in [0.25, 0.3) is 0 Å². The monoisotopic (exact) mass is 231 g/mol. The van der Waals surface area contributed by atoms with Crippen molar-refractivity contribution in [3.63, 3.8) is 0 Å². The van der Waals surface area contributed by atoms with Crippen LogP contribution in [0.3, 0.4) is 0 Å². The Kier molecular flexibility index (Phi) is 3.66. The third-order valence-electron chi connectivity index (χ3n) is 2.48. The lowest BCUT2D eigenvalue weighted by atomic mass is 9.82. The van der Waals surface area contributed by atoms with Gasteiger partial charge in [0, 0.05) is 6.54 Å². The molecule has 3 nitrogen and oxygen atoms in total. The minimum Gasteiger partial charge on any atom is -0.360 e. The van der Waals surface area contributed by atoms with Gasteiger partial charge in [-0.25, -0.2) is 0 Å². The maximum absolute atomic E-state index is 4.95. The fourth-order valence-corrected chi connectivity index (χ4v) is 1.65. The van der Waals surface area contributed by atoms with Crippen LogP contribution in [0, 0.1) is 15.3 Å². The summed E-state index contributed by atoms with van der Waals surface area (Å²) in [6, 6.07) is 0. The van der Waals surface area contributed by atoms with Gasteiger partial charge in [-0.3, -0.25) is 5.10 Å². The van der Waals surface area contributed by atoms with Crippen LogP contribution >= 0.6 is 23.6 Å². The topological polar surface area (TPSA) is 40.7 Å². The van der Waals surface area contributed by atoms with Crippen molar-refractivity contribution in [1.29, 1.82) is 0 Å². The smallest absolute Gasteiger partial charge is 0.204 e. The predicted octanol–water partition coefficient (Wildman–Crippen LogP) is 3.29. The SMILES string of the molecule is CC(CNc1n[nH]c(=S)s1)C(C)(C)C. The molecule has 0 fully saturated rings. The van der Waals surface area contributed by atoms with Crippen molar-refractivity contribution in [3.8, 4) is 0 Å². The van der Waals surface area contributed by atoms with Crippen molar-refractivity contribution in [2.24, 2.45) is 11.3 Å². The van der Waals surface area contributed by atoms with Crippen molar-refractivity contribution in [1.82, 2.24) is 10.2 Å². The van der Waals surface area contributed by atoms with E-state index in [-0.39, 0.29) is 0 Å². The van der Waals surface area contributed by atoms with E-state index in [1.165, 1.54) is 11.3 Å². The second kappa shape index (κ2) is 4.40. The van der Waals surface area contributed by atoms with E-state index in [0.717, 1.165) is 15.6 Å². The molecule has 5 heteroatoms. The van der Waals surface area contributed by atoms with E-state index in [9.17, 15) is 0 Å². The van der Waals surface area contributed by atoms with E-state index >= 15 is 0 Å². The zero-order valence-corrected chi connectivity index (χ0v) is 10.7. The summed E-state index contributed by atoms with van der Waals surface area (Å²) < 4.78 is 0.718. The third-order valence-corrected chi connectivity index (χ3v) is 3.52. The molecule has 0 spiro atoms. The molecule has 1 atom stereocenters. The Bertz CT molecular complexity index is 334. The quantitative estimate of drug-likeness (QED) is 0.784. The summed E-state index contributed by atoms with van der Waals surface area (Å²) in [6.07, 6.45) is 0.